The monoisotopic (exact) mass is 287 g/mol. The molecule has 0 aliphatic heterocycles. The topological polar surface area (TPSA) is 35.2 Å². The Morgan fingerprint density at radius 3 is 2.29 bits per heavy atom. The third kappa shape index (κ3) is 2.96. The van der Waals surface area contributed by atoms with E-state index in [1.54, 1.807) is 7.11 Å². The van der Waals surface area contributed by atoms with Crippen molar-refractivity contribution < 1.29 is 4.74 Å². The Kier molecular flexibility index (Phi) is 4.54. The Hall–Kier alpha value is -1.02. The number of hydrogen-bond acceptors (Lipinski definition) is 2. The lowest BCUT2D eigenvalue weighted by Gasteiger charge is -2.47. The second-order valence-corrected chi connectivity index (χ2v) is 7.02. The second-order valence-electron chi connectivity index (χ2n) is 7.02. The van der Waals surface area contributed by atoms with Gasteiger partial charge in [0.1, 0.15) is 5.75 Å². The summed E-state index contributed by atoms with van der Waals surface area (Å²) in [5, 5.41) is 0. The van der Waals surface area contributed by atoms with Crippen LogP contribution in [0.15, 0.2) is 24.3 Å². The SMILES string of the molecule is COc1ccc(C2(N)CCCCC2C2CCCCC2)cc1. The standard InChI is InChI=1S/C19H29NO/c1-21-17-12-10-16(11-13-17)19(20)14-6-5-9-18(19)15-7-3-2-4-8-15/h10-13,15,18H,2-9,14,20H2,1H3. The number of hydrogen-bond donors (Lipinski definition) is 1. The van der Waals surface area contributed by atoms with Crippen molar-refractivity contribution >= 4 is 0 Å². The van der Waals surface area contributed by atoms with Crippen molar-refractivity contribution in [1.29, 1.82) is 0 Å². The molecule has 2 heteroatoms. The summed E-state index contributed by atoms with van der Waals surface area (Å²) in [5.41, 5.74) is 8.21. The molecular formula is C19H29NO. The van der Waals surface area contributed by atoms with Gasteiger partial charge in [-0.15, -0.1) is 0 Å². The van der Waals surface area contributed by atoms with Gasteiger partial charge in [-0.2, -0.15) is 0 Å². The minimum atomic E-state index is -0.119. The van der Waals surface area contributed by atoms with Crippen molar-refractivity contribution in [3.05, 3.63) is 29.8 Å². The molecule has 0 aromatic heterocycles. The molecule has 2 aliphatic carbocycles. The van der Waals surface area contributed by atoms with Gasteiger partial charge in [0.2, 0.25) is 0 Å². The van der Waals surface area contributed by atoms with E-state index in [0.717, 1.165) is 18.1 Å². The first-order valence-corrected chi connectivity index (χ1v) is 8.67. The molecule has 2 aliphatic rings. The Morgan fingerprint density at radius 2 is 1.62 bits per heavy atom. The highest BCUT2D eigenvalue weighted by Gasteiger charge is 2.42. The normalized spacial score (nSPS) is 31.0. The number of methoxy groups -OCH3 is 1. The zero-order valence-electron chi connectivity index (χ0n) is 13.3. The van der Waals surface area contributed by atoms with Crippen molar-refractivity contribution in [2.45, 2.75) is 63.3 Å². The summed E-state index contributed by atoms with van der Waals surface area (Å²) in [6.45, 7) is 0. The molecule has 2 saturated carbocycles. The van der Waals surface area contributed by atoms with Gasteiger partial charge in [0.15, 0.2) is 0 Å². The van der Waals surface area contributed by atoms with Gasteiger partial charge in [-0.3, -0.25) is 0 Å². The molecule has 2 unspecified atom stereocenters. The molecule has 0 spiro atoms. The molecule has 0 radical (unpaired) electrons. The Morgan fingerprint density at radius 1 is 0.952 bits per heavy atom. The van der Waals surface area contributed by atoms with Crippen molar-refractivity contribution in [3.63, 3.8) is 0 Å². The Labute approximate surface area is 129 Å². The highest BCUT2D eigenvalue weighted by atomic mass is 16.5. The van der Waals surface area contributed by atoms with Crippen LogP contribution in [-0.2, 0) is 5.54 Å². The van der Waals surface area contributed by atoms with Gasteiger partial charge in [0, 0.05) is 5.54 Å². The molecule has 1 aromatic rings. The van der Waals surface area contributed by atoms with Crippen LogP contribution < -0.4 is 10.5 Å². The third-order valence-corrected chi connectivity index (χ3v) is 5.86. The van der Waals surface area contributed by atoms with Crippen LogP contribution in [0.25, 0.3) is 0 Å². The smallest absolute Gasteiger partial charge is 0.118 e. The molecule has 116 valence electrons. The number of rotatable bonds is 3. The van der Waals surface area contributed by atoms with E-state index in [9.17, 15) is 0 Å². The summed E-state index contributed by atoms with van der Waals surface area (Å²) >= 11 is 0. The second kappa shape index (κ2) is 6.39. The van der Waals surface area contributed by atoms with Crippen LogP contribution in [-0.4, -0.2) is 7.11 Å². The maximum absolute atomic E-state index is 7.01. The van der Waals surface area contributed by atoms with Crippen LogP contribution in [0.4, 0.5) is 0 Å². The maximum Gasteiger partial charge on any atom is 0.118 e. The van der Waals surface area contributed by atoms with E-state index in [1.165, 1.54) is 56.9 Å². The van der Waals surface area contributed by atoms with Crippen molar-refractivity contribution in [2.75, 3.05) is 7.11 Å². The first kappa shape index (κ1) is 14.9. The first-order valence-electron chi connectivity index (χ1n) is 8.67. The van der Waals surface area contributed by atoms with Crippen molar-refractivity contribution in [1.82, 2.24) is 0 Å². The van der Waals surface area contributed by atoms with E-state index in [1.807, 2.05) is 0 Å². The lowest BCUT2D eigenvalue weighted by Crippen LogP contribution is -2.49. The van der Waals surface area contributed by atoms with Gasteiger partial charge in [0.05, 0.1) is 7.11 Å². The Bertz CT molecular complexity index is 449. The van der Waals surface area contributed by atoms with Gasteiger partial charge in [-0.05, 0) is 42.4 Å². The molecule has 0 saturated heterocycles. The minimum Gasteiger partial charge on any atom is -0.497 e. The Balaban J connectivity index is 1.86. The molecule has 3 rings (SSSR count). The van der Waals surface area contributed by atoms with Gasteiger partial charge in [0.25, 0.3) is 0 Å². The summed E-state index contributed by atoms with van der Waals surface area (Å²) in [4.78, 5) is 0. The molecule has 2 fully saturated rings. The fourth-order valence-corrected chi connectivity index (χ4v) is 4.68. The molecule has 0 amide bonds. The molecule has 2 atom stereocenters. The molecule has 2 nitrogen and oxygen atoms in total. The summed E-state index contributed by atoms with van der Waals surface area (Å²) < 4.78 is 5.29. The number of benzene rings is 1. The molecule has 0 heterocycles. The number of nitrogens with two attached hydrogens (primary N) is 1. The molecule has 1 aromatic carbocycles. The molecule has 0 bridgehead atoms. The fraction of sp³-hybridized carbons (Fsp3) is 0.684. The third-order valence-electron chi connectivity index (χ3n) is 5.86. The van der Waals surface area contributed by atoms with E-state index in [4.69, 9.17) is 10.5 Å². The van der Waals surface area contributed by atoms with Crippen molar-refractivity contribution in [2.24, 2.45) is 17.6 Å². The average molecular weight is 287 g/mol. The molecule has 2 N–H and O–H groups in total. The summed E-state index contributed by atoms with van der Waals surface area (Å²) in [6.07, 6.45) is 12.1. The molecular weight excluding hydrogens is 258 g/mol. The predicted octanol–water partition coefficient (Wildman–Crippen LogP) is 4.62. The first-order chi connectivity index (χ1) is 10.2. The zero-order valence-corrected chi connectivity index (χ0v) is 13.3. The van der Waals surface area contributed by atoms with E-state index in [0.29, 0.717) is 5.92 Å². The fourth-order valence-electron chi connectivity index (χ4n) is 4.68. The van der Waals surface area contributed by atoms with Crippen LogP contribution in [0.1, 0.15) is 63.4 Å². The average Bonchev–Trinajstić information content (AvgIpc) is 2.56. The summed E-state index contributed by atoms with van der Waals surface area (Å²) in [5.74, 6) is 2.43. The minimum absolute atomic E-state index is 0.119. The van der Waals surface area contributed by atoms with Crippen LogP contribution in [0.5, 0.6) is 5.75 Å². The van der Waals surface area contributed by atoms with Crippen LogP contribution in [0.3, 0.4) is 0 Å². The van der Waals surface area contributed by atoms with Gasteiger partial charge < -0.3 is 10.5 Å². The summed E-state index contributed by atoms with van der Waals surface area (Å²) in [7, 11) is 1.72. The van der Waals surface area contributed by atoms with E-state index >= 15 is 0 Å². The van der Waals surface area contributed by atoms with E-state index in [-0.39, 0.29) is 5.54 Å². The van der Waals surface area contributed by atoms with Gasteiger partial charge in [-0.25, -0.2) is 0 Å². The van der Waals surface area contributed by atoms with Crippen molar-refractivity contribution in [3.8, 4) is 5.75 Å². The maximum atomic E-state index is 7.01. The molecule has 21 heavy (non-hydrogen) atoms. The largest absolute Gasteiger partial charge is 0.497 e. The lowest BCUT2D eigenvalue weighted by molar-refractivity contribution is 0.0985. The van der Waals surface area contributed by atoms with Gasteiger partial charge in [-0.1, -0.05) is 57.1 Å². The summed E-state index contributed by atoms with van der Waals surface area (Å²) in [6, 6.07) is 8.52. The number of ether oxygens (including phenoxy) is 1. The van der Waals surface area contributed by atoms with Crippen LogP contribution in [0, 0.1) is 11.8 Å². The predicted molar refractivity (Wildman–Crippen MR) is 87.4 cm³/mol. The lowest BCUT2D eigenvalue weighted by atomic mass is 9.62. The van der Waals surface area contributed by atoms with Crippen LogP contribution in [0.2, 0.25) is 0 Å². The van der Waals surface area contributed by atoms with E-state index in [2.05, 4.69) is 24.3 Å². The van der Waals surface area contributed by atoms with Crippen LogP contribution >= 0.6 is 0 Å². The highest BCUT2D eigenvalue weighted by molar-refractivity contribution is 5.33. The zero-order chi connectivity index (χ0) is 14.7. The highest BCUT2D eigenvalue weighted by Crippen LogP contribution is 2.47. The van der Waals surface area contributed by atoms with Gasteiger partial charge >= 0.3 is 0 Å². The quantitative estimate of drug-likeness (QED) is 0.880. The van der Waals surface area contributed by atoms with E-state index < -0.39 is 0 Å².